The number of carboxylic acid groups (broad SMARTS) is 1. The molecule has 118 valence electrons. The van der Waals surface area contributed by atoms with Crippen molar-refractivity contribution in [3.8, 4) is 0 Å². The molecule has 0 spiro atoms. The van der Waals surface area contributed by atoms with E-state index in [1.54, 1.807) is 11.0 Å². The number of piperazine rings is 1. The molecule has 1 aromatic carbocycles. The minimum atomic E-state index is -1.08. The number of halogens is 1. The number of nitrogens with zero attached hydrogens (tertiary/aromatic N) is 2. The van der Waals surface area contributed by atoms with Crippen molar-refractivity contribution in [2.45, 2.75) is 18.6 Å². The smallest absolute Gasteiger partial charge is 0.407 e. The lowest BCUT2D eigenvalue weighted by Gasteiger charge is -2.35. The fourth-order valence-electron chi connectivity index (χ4n) is 3.31. The van der Waals surface area contributed by atoms with E-state index in [4.69, 9.17) is 5.11 Å². The summed E-state index contributed by atoms with van der Waals surface area (Å²) in [6.07, 6.45) is -1.70. The van der Waals surface area contributed by atoms with Gasteiger partial charge in [0.25, 0.3) is 0 Å². The minimum Gasteiger partial charge on any atom is -0.465 e. The van der Waals surface area contributed by atoms with Crippen molar-refractivity contribution in [2.75, 3.05) is 19.6 Å². The van der Waals surface area contributed by atoms with Crippen LogP contribution in [0.2, 0.25) is 0 Å². The first-order valence-electron chi connectivity index (χ1n) is 7.19. The van der Waals surface area contributed by atoms with Crippen LogP contribution in [0.3, 0.4) is 0 Å². The Morgan fingerprint density at radius 1 is 1.36 bits per heavy atom. The van der Waals surface area contributed by atoms with Gasteiger partial charge in [-0.3, -0.25) is 4.79 Å². The van der Waals surface area contributed by atoms with Gasteiger partial charge in [0.1, 0.15) is 5.82 Å². The Bertz CT molecular complexity index is 609. The molecule has 6 nitrogen and oxygen atoms in total. The molecule has 3 atom stereocenters. The molecule has 1 aromatic rings. The maximum absolute atomic E-state index is 13.3. The van der Waals surface area contributed by atoms with E-state index < -0.39 is 23.9 Å². The van der Waals surface area contributed by atoms with Gasteiger partial charge in [0, 0.05) is 19.6 Å². The van der Waals surface area contributed by atoms with Crippen molar-refractivity contribution in [3.63, 3.8) is 0 Å². The highest BCUT2D eigenvalue weighted by atomic mass is 19.1. The average Bonchev–Trinajstić information content (AvgIpc) is 2.83. The van der Waals surface area contributed by atoms with Crippen molar-refractivity contribution in [1.29, 1.82) is 0 Å². The molecule has 0 bridgehead atoms. The first-order chi connectivity index (χ1) is 10.5. The molecule has 2 fully saturated rings. The summed E-state index contributed by atoms with van der Waals surface area (Å²) in [7, 11) is 0. The standard InChI is InChI=1S/C15H17FN2O4/c16-10-3-1-2-9(6-10)13(19)12-7-11-8-17(15(21)22)4-5-18(11)14(12)20/h1-3,6,11-13,19H,4-5,7-8H2,(H,21,22)/t11-,12+,13?/m0/s1. The van der Waals surface area contributed by atoms with E-state index in [-0.39, 0.29) is 25.0 Å². The van der Waals surface area contributed by atoms with Gasteiger partial charge in [0.15, 0.2) is 0 Å². The van der Waals surface area contributed by atoms with E-state index in [1.807, 2.05) is 0 Å². The molecule has 3 rings (SSSR count). The highest BCUT2D eigenvalue weighted by Crippen LogP contribution is 2.36. The highest BCUT2D eigenvalue weighted by molar-refractivity contribution is 5.83. The quantitative estimate of drug-likeness (QED) is 0.856. The number of aliphatic hydroxyl groups excluding tert-OH is 1. The lowest BCUT2D eigenvalue weighted by Crippen LogP contribution is -2.52. The van der Waals surface area contributed by atoms with Gasteiger partial charge >= 0.3 is 6.09 Å². The molecule has 2 aliphatic heterocycles. The van der Waals surface area contributed by atoms with Crippen LogP contribution in [0.25, 0.3) is 0 Å². The van der Waals surface area contributed by atoms with Crippen LogP contribution in [0.4, 0.5) is 9.18 Å². The third-order valence-electron chi connectivity index (χ3n) is 4.45. The van der Waals surface area contributed by atoms with Gasteiger partial charge in [0.05, 0.1) is 18.1 Å². The summed E-state index contributed by atoms with van der Waals surface area (Å²) in [4.78, 5) is 26.4. The zero-order valence-electron chi connectivity index (χ0n) is 11.9. The number of fused-ring (bicyclic) bond motifs is 1. The third-order valence-corrected chi connectivity index (χ3v) is 4.45. The van der Waals surface area contributed by atoms with Crippen molar-refractivity contribution in [1.82, 2.24) is 9.80 Å². The minimum absolute atomic E-state index is 0.188. The van der Waals surface area contributed by atoms with E-state index in [0.717, 1.165) is 0 Å². The number of aliphatic hydroxyl groups is 1. The zero-order chi connectivity index (χ0) is 15.9. The summed E-state index contributed by atoms with van der Waals surface area (Å²) in [6, 6.07) is 5.36. The number of hydrogen-bond donors (Lipinski definition) is 2. The van der Waals surface area contributed by atoms with Gasteiger partial charge < -0.3 is 20.0 Å². The summed E-state index contributed by atoms with van der Waals surface area (Å²) in [5.74, 6) is -1.30. The second kappa shape index (κ2) is 5.57. The highest BCUT2D eigenvalue weighted by Gasteiger charge is 2.46. The Kier molecular flexibility index (Phi) is 3.74. The fraction of sp³-hybridized carbons (Fsp3) is 0.467. The van der Waals surface area contributed by atoms with E-state index in [0.29, 0.717) is 18.5 Å². The topological polar surface area (TPSA) is 81.1 Å². The van der Waals surface area contributed by atoms with Crippen LogP contribution < -0.4 is 0 Å². The third kappa shape index (κ3) is 2.52. The lowest BCUT2D eigenvalue weighted by molar-refractivity contribution is -0.136. The van der Waals surface area contributed by atoms with E-state index in [2.05, 4.69) is 0 Å². The zero-order valence-corrected chi connectivity index (χ0v) is 11.9. The molecule has 2 N–H and O–H groups in total. The van der Waals surface area contributed by atoms with Crippen LogP contribution in [0, 0.1) is 11.7 Å². The van der Waals surface area contributed by atoms with E-state index >= 15 is 0 Å². The van der Waals surface area contributed by atoms with Gasteiger partial charge in [-0.2, -0.15) is 0 Å². The number of carbonyl (C=O) groups is 2. The van der Waals surface area contributed by atoms with Crippen molar-refractivity contribution in [3.05, 3.63) is 35.6 Å². The Labute approximate surface area is 126 Å². The second-order valence-corrected chi connectivity index (χ2v) is 5.76. The molecule has 2 heterocycles. The molecule has 0 aromatic heterocycles. The Balaban J connectivity index is 1.76. The molecule has 0 saturated carbocycles. The van der Waals surface area contributed by atoms with Gasteiger partial charge in [-0.1, -0.05) is 12.1 Å². The predicted octanol–water partition coefficient (Wildman–Crippen LogP) is 1.07. The number of benzene rings is 1. The van der Waals surface area contributed by atoms with Crippen LogP contribution in [-0.4, -0.2) is 57.7 Å². The van der Waals surface area contributed by atoms with Crippen LogP contribution in [0.15, 0.2) is 24.3 Å². The number of rotatable bonds is 2. The lowest BCUT2D eigenvalue weighted by atomic mass is 9.93. The Morgan fingerprint density at radius 3 is 2.82 bits per heavy atom. The normalized spacial score (nSPS) is 26.0. The molecule has 2 saturated heterocycles. The van der Waals surface area contributed by atoms with E-state index in [1.165, 1.54) is 23.1 Å². The summed E-state index contributed by atoms with van der Waals surface area (Å²) in [5, 5.41) is 19.4. The molecular weight excluding hydrogens is 291 g/mol. The number of amides is 2. The van der Waals surface area contributed by atoms with Gasteiger partial charge in [-0.25, -0.2) is 9.18 Å². The van der Waals surface area contributed by atoms with Gasteiger partial charge in [-0.05, 0) is 24.1 Å². The molecule has 1 unspecified atom stereocenters. The average molecular weight is 308 g/mol. The fourth-order valence-corrected chi connectivity index (χ4v) is 3.31. The predicted molar refractivity (Wildman–Crippen MR) is 74.6 cm³/mol. The molecule has 22 heavy (non-hydrogen) atoms. The van der Waals surface area contributed by atoms with Crippen molar-refractivity contribution >= 4 is 12.0 Å². The van der Waals surface area contributed by atoms with Crippen molar-refractivity contribution < 1.29 is 24.2 Å². The number of hydrogen-bond acceptors (Lipinski definition) is 3. The maximum atomic E-state index is 13.3. The molecule has 7 heteroatoms. The molecule has 0 radical (unpaired) electrons. The first kappa shape index (κ1) is 14.8. The van der Waals surface area contributed by atoms with Crippen LogP contribution in [-0.2, 0) is 4.79 Å². The first-order valence-corrected chi connectivity index (χ1v) is 7.19. The molecular formula is C15H17FN2O4. The van der Waals surface area contributed by atoms with Gasteiger partial charge in [-0.15, -0.1) is 0 Å². The second-order valence-electron chi connectivity index (χ2n) is 5.76. The molecule has 2 aliphatic rings. The van der Waals surface area contributed by atoms with E-state index in [9.17, 15) is 19.1 Å². The maximum Gasteiger partial charge on any atom is 0.407 e. The van der Waals surface area contributed by atoms with Gasteiger partial charge in [0.2, 0.25) is 5.91 Å². The van der Waals surface area contributed by atoms with Crippen LogP contribution in [0.5, 0.6) is 0 Å². The molecule has 2 amide bonds. The Morgan fingerprint density at radius 2 is 2.14 bits per heavy atom. The van der Waals surface area contributed by atoms with Crippen LogP contribution in [0.1, 0.15) is 18.1 Å². The Hall–Kier alpha value is -2.15. The summed E-state index contributed by atoms with van der Waals surface area (Å²) < 4.78 is 13.3. The summed E-state index contributed by atoms with van der Waals surface area (Å²) in [6.45, 7) is 0.871. The SMILES string of the molecule is O=C(O)N1CCN2C(=O)[C@@H](C(O)c3cccc(F)c3)C[C@H]2C1. The largest absolute Gasteiger partial charge is 0.465 e. The van der Waals surface area contributed by atoms with Crippen LogP contribution >= 0.6 is 0 Å². The summed E-state index contributed by atoms with van der Waals surface area (Å²) >= 11 is 0. The number of carbonyl (C=O) groups excluding carboxylic acids is 1. The monoisotopic (exact) mass is 308 g/mol. The molecule has 0 aliphatic carbocycles. The summed E-state index contributed by atoms with van der Waals surface area (Å²) in [5.41, 5.74) is 0.369. The van der Waals surface area contributed by atoms with Crippen molar-refractivity contribution in [2.24, 2.45) is 5.92 Å².